The number of carboxylic acid groups (broad SMARTS) is 1. The lowest BCUT2D eigenvalue weighted by Crippen LogP contribution is -2.34. The van der Waals surface area contributed by atoms with Gasteiger partial charge in [-0.2, -0.15) is 13.2 Å². The number of thiophene rings is 1. The zero-order valence-corrected chi connectivity index (χ0v) is 16.5. The number of hydrogen-bond acceptors (Lipinski definition) is 5. The predicted molar refractivity (Wildman–Crippen MR) is 102 cm³/mol. The van der Waals surface area contributed by atoms with Crippen LogP contribution >= 0.6 is 11.3 Å². The Kier molecular flexibility index (Phi) is 7.20. The van der Waals surface area contributed by atoms with Gasteiger partial charge in [-0.1, -0.05) is 0 Å². The van der Waals surface area contributed by atoms with Crippen LogP contribution in [0.15, 0.2) is 29.1 Å². The Balaban J connectivity index is 0.000000370. The average Bonchev–Trinajstić information content (AvgIpc) is 3.28. The van der Waals surface area contributed by atoms with Gasteiger partial charge in [0.2, 0.25) is 0 Å². The van der Waals surface area contributed by atoms with Crippen molar-refractivity contribution in [2.45, 2.75) is 38.9 Å². The van der Waals surface area contributed by atoms with Gasteiger partial charge in [0.1, 0.15) is 0 Å². The molecule has 1 aliphatic heterocycles. The van der Waals surface area contributed by atoms with E-state index in [2.05, 4.69) is 10.7 Å². The van der Waals surface area contributed by atoms with Crippen molar-refractivity contribution in [2.24, 2.45) is 0 Å². The van der Waals surface area contributed by atoms with E-state index in [1.54, 1.807) is 6.92 Å². The third-order valence-electron chi connectivity index (χ3n) is 4.07. The van der Waals surface area contributed by atoms with E-state index in [1.165, 1.54) is 33.4 Å². The molecule has 11 heteroatoms. The SMILES string of the molecule is Cc1cc(C)n(NC(=O)c2ccc(C3CCCN3)s2)c(=O)c1.O=C(O)C(F)(F)F. The maximum Gasteiger partial charge on any atom is 0.490 e. The van der Waals surface area contributed by atoms with Gasteiger partial charge < -0.3 is 10.4 Å². The van der Waals surface area contributed by atoms with Crippen molar-refractivity contribution in [3.63, 3.8) is 0 Å². The summed E-state index contributed by atoms with van der Waals surface area (Å²) < 4.78 is 33.0. The second-order valence-corrected chi connectivity index (χ2v) is 7.56. The first-order chi connectivity index (χ1) is 13.5. The molecular weight excluding hydrogens is 411 g/mol. The van der Waals surface area contributed by atoms with Crippen LogP contribution < -0.4 is 16.3 Å². The lowest BCUT2D eigenvalue weighted by Gasteiger charge is -2.11. The highest BCUT2D eigenvalue weighted by atomic mass is 32.1. The van der Waals surface area contributed by atoms with Crippen LogP contribution in [0.5, 0.6) is 0 Å². The number of alkyl halides is 3. The smallest absolute Gasteiger partial charge is 0.475 e. The van der Waals surface area contributed by atoms with Gasteiger partial charge >= 0.3 is 12.1 Å². The van der Waals surface area contributed by atoms with Crippen LogP contribution in [-0.4, -0.2) is 34.4 Å². The number of aromatic nitrogens is 1. The van der Waals surface area contributed by atoms with E-state index < -0.39 is 12.1 Å². The minimum absolute atomic E-state index is 0.222. The van der Waals surface area contributed by atoms with Gasteiger partial charge in [-0.05, 0) is 57.0 Å². The molecule has 0 radical (unpaired) electrons. The number of pyridine rings is 1. The fourth-order valence-electron chi connectivity index (χ4n) is 2.76. The summed E-state index contributed by atoms with van der Waals surface area (Å²) in [6.45, 7) is 4.69. The number of aryl methyl sites for hydroxylation is 2. The Morgan fingerprint density at radius 1 is 1.28 bits per heavy atom. The molecule has 29 heavy (non-hydrogen) atoms. The molecule has 1 saturated heterocycles. The number of amides is 1. The van der Waals surface area contributed by atoms with Crippen molar-refractivity contribution in [3.05, 3.63) is 55.6 Å². The minimum Gasteiger partial charge on any atom is -0.475 e. The number of hydrogen-bond donors (Lipinski definition) is 3. The Morgan fingerprint density at radius 3 is 2.45 bits per heavy atom. The second-order valence-electron chi connectivity index (χ2n) is 6.44. The van der Waals surface area contributed by atoms with Crippen molar-refractivity contribution in [2.75, 3.05) is 12.0 Å². The number of halogens is 3. The maximum absolute atomic E-state index is 12.4. The monoisotopic (exact) mass is 431 g/mol. The summed E-state index contributed by atoms with van der Waals surface area (Å²) in [6.07, 6.45) is -2.81. The lowest BCUT2D eigenvalue weighted by molar-refractivity contribution is -0.192. The summed E-state index contributed by atoms with van der Waals surface area (Å²) in [5.74, 6) is -3.00. The standard InChI is InChI=1S/C16H19N3O2S.C2HF3O2/c1-10-8-11(2)19(15(20)9-10)18-16(21)14-6-5-13(22-14)12-4-3-7-17-12;3-2(4,5)1(6)7/h5-6,8-9,12,17H,3-4,7H2,1-2H3,(H,18,21);(H,6,7). The fraction of sp³-hybridized carbons (Fsp3) is 0.389. The molecule has 1 fully saturated rings. The predicted octanol–water partition coefficient (Wildman–Crippen LogP) is 2.97. The van der Waals surface area contributed by atoms with Gasteiger partial charge in [-0.25, -0.2) is 9.47 Å². The zero-order valence-electron chi connectivity index (χ0n) is 15.7. The van der Waals surface area contributed by atoms with Crippen LogP contribution in [0.25, 0.3) is 0 Å². The molecule has 1 aliphatic rings. The molecule has 0 spiro atoms. The van der Waals surface area contributed by atoms with Gasteiger partial charge in [-0.15, -0.1) is 11.3 Å². The molecule has 3 N–H and O–H groups in total. The molecule has 1 amide bonds. The molecule has 1 atom stereocenters. The maximum atomic E-state index is 12.4. The van der Waals surface area contributed by atoms with Gasteiger partial charge in [-0.3, -0.25) is 15.0 Å². The molecule has 3 heterocycles. The van der Waals surface area contributed by atoms with Gasteiger partial charge in [0.25, 0.3) is 11.5 Å². The molecule has 0 saturated carbocycles. The highest BCUT2D eigenvalue weighted by molar-refractivity contribution is 7.14. The molecule has 1 unspecified atom stereocenters. The van der Waals surface area contributed by atoms with Crippen LogP contribution in [0.1, 0.15) is 44.7 Å². The van der Waals surface area contributed by atoms with E-state index in [0.29, 0.717) is 16.6 Å². The van der Waals surface area contributed by atoms with E-state index in [4.69, 9.17) is 9.90 Å². The highest BCUT2D eigenvalue weighted by Gasteiger charge is 2.38. The van der Waals surface area contributed by atoms with Crippen LogP contribution in [-0.2, 0) is 4.79 Å². The van der Waals surface area contributed by atoms with Crippen molar-refractivity contribution >= 4 is 23.2 Å². The van der Waals surface area contributed by atoms with Crippen LogP contribution in [0.3, 0.4) is 0 Å². The molecule has 2 aromatic heterocycles. The molecule has 7 nitrogen and oxygen atoms in total. The molecule has 2 aromatic rings. The summed E-state index contributed by atoms with van der Waals surface area (Å²) in [4.78, 5) is 35.0. The van der Waals surface area contributed by atoms with Crippen molar-refractivity contribution < 1.29 is 27.9 Å². The number of nitrogens with zero attached hydrogens (tertiary/aromatic N) is 1. The zero-order chi connectivity index (χ0) is 21.8. The van der Waals surface area contributed by atoms with E-state index in [9.17, 15) is 22.8 Å². The number of nitrogens with one attached hydrogen (secondary N) is 2. The second kappa shape index (κ2) is 9.23. The first-order valence-corrected chi connectivity index (χ1v) is 9.45. The summed E-state index contributed by atoms with van der Waals surface area (Å²) in [6, 6.07) is 7.55. The summed E-state index contributed by atoms with van der Waals surface area (Å²) >= 11 is 1.48. The topological polar surface area (TPSA) is 100 Å². The Morgan fingerprint density at radius 2 is 1.93 bits per heavy atom. The minimum atomic E-state index is -5.08. The number of carbonyl (C=O) groups is 2. The van der Waals surface area contributed by atoms with Crippen LogP contribution in [0.4, 0.5) is 13.2 Å². The Hall–Kier alpha value is -2.66. The number of carbonyl (C=O) groups excluding carboxylic acids is 1. The van der Waals surface area contributed by atoms with Crippen LogP contribution in [0.2, 0.25) is 0 Å². The van der Waals surface area contributed by atoms with Crippen molar-refractivity contribution in [1.29, 1.82) is 0 Å². The fourth-order valence-corrected chi connectivity index (χ4v) is 3.77. The third-order valence-corrected chi connectivity index (χ3v) is 5.27. The summed E-state index contributed by atoms with van der Waals surface area (Å²) in [5.41, 5.74) is 4.06. The van der Waals surface area contributed by atoms with Crippen LogP contribution in [0, 0.1) is 13.8 Å². The molecule has 3 rings (SSSR count). The highest BCUT2D eigenvalue weighted by Crippen LogP contribution is 2.29. The summed E-state index contributed by atoms with van der Waals surface area (Å²) in [5, 5.41) is 10.5. The largest absolute Gasteiger partial charge is 0.490 e. The first-order valence-electron chi connectivity index (χ1n) is 8.64. The van der Waals surface area contributed by atoms with E-state index >= 15 is 0 Å². The Labute approximate surface area is 168 Å². The molecular formula is C18H20F3N3O4S. The van der Waals surface area contributed by atoms with Gasteiger partial charge in [0.15, 0.2) is 0 Å². The normalized spacial score (nSPS) is 16.1. The lowest BCUT2D eigenvalue weighted by atomic mass is 10.2. The van der Waals surface area contributed by atoms with Crippen molar-refractivity contribution in [3.8, 4) is 0 Å². The number of rotatable bonds is 3. The van der Waals surface area contributed by atoms with Gasteiger partial charge in [0.05, 0.1) is 4.88 Å². The first kappa shape index (κ1) is 22.6. The molecule has 158 valence electrons. The van der Waals surface area contributed by atoms with E-state index in [0.717, 1.165) is 18.5 Å². The third kappa shape index (κ3) is 6.16. The summed E-state index contributed by atoms with van der Waals surface area (Å²) in [7, 11) is 0. The molecule has 0 bridgehead atoms. The van der Waals surface area contributed by atoms with Gasteiger partial charge in [0, 0.05) is 22.7 Å². The Bertz CT molecular complexity index is 947. The average molecular weight is 431 g/mol. The van der Waals surface area contributed by atoms with E-state index in [1.807, 2.05) is 25.1 Å². The molecule has 0 aromatic carbocycles. The number of aliphatic carboxylic acids is 1. The molecule has 0 aliphatic carbocycles. The quantitative estimate of drug-likeness (QED) is 0.694. The van der Waals surface area contributed by atoms with Crippen molar-refractivity contribution in [1.82, 2.24) is 9.99 Å². The van der Waals surface area contributed by atoms with E-state index in [-0.39, 0.29) is 11.5 Å². The number of carboxylic acids is 1.